The number of hydrogen-bond acceptors (Lipinski definition) is 3. The molecule has 0 amide bonds. The number of nitrogens with one attached hydrogen (secondary N) is 1. The molecule has 124 valence electrons. The molecule has 0 spiro atoms. The van der Waals surface area contributed by atoms with Crippen molar-refractivity contribution in [3.05, 3.63) is 0 Å². The molecule has 1 N–H and O–H groups in total. The highest BCUT2D eigenvalue weighted by Crippen LogP contribution is 2.38. The first kappa shape index (κ1) is 17.2. The molecule has 2 aliphatic rings. The van der Waals surface area contributed by atoms with Gasteiger partial charge in [0.05, 0.1) is 6.10 Å². The van der Waals surface area contributed by atoms with Crippen LogP contribution in [0.4, 0.5) is 0 Å². The molecule has 0 radical (unpaired) electrons. The highest BCUT2D eigenvalue weighted by molar-refractivity contribution is 4.90. The van der Waals surface area contributed by atoms with Gasteiger partial charge in [-0.25, -0.2) is 0 Å². The Bertz CT molecular complexity index is 281. The Morgan fingerprint density at radius 3 is 2.57 bits per heavy atom. The van der Waals surface area contributed by atoms with Crippen LogP contribution >= 0.6 is 0 Å². The Labute approximate surface area is 131 Å². The van der Waals surface area contributed by atoms with Crippen LogP contribution in [0.3, 0.4) is 0 Å². The van der Waals surface area contributed by atoms with Crippen molar-refractivity contribution in [1.29, 1.82) is 0 Å². The van der Waals surface area contributed by atoms with E-state index in [0.717, 1.165) is 32.2 Å². The van der Waals surface area contributed by atoms with E-state index in [1.807, 2.05) is 0 Å². The van der Waals surface area contributed by atoms with Crippen LogP contribution < -0.4 is 5.32 Å². The third-order valence-corrected chi connectivity index (χ3v) is 5.21. The average Bonchev–Trinajstić information content (AvgIpc) is 3.10. The lowest BCUT2D eigenvalue weighted by molar-refractivity contribution is 0.0561. The summed E-state index contributed by atoms with van der Waals surface area (Å²) in [5.74, 6) is 0.748. The minimum Gasteiger partial charge on any atom is -0.377 e. The Kier molecular flexibility index (Phi) is 6.97. The van der Waals surface area contributed by atoms with Gasteiger partial charge >= 0.3 is 0 Å². The second-order valence-corrected chi connectivity index (χ2v) is 7.69. The van der Waals surface area contributed by atoms with E-state index in [1.165, 1.54) is 51.6 Å². The molecule has 0 bridgehead atoms. The first-order chi connectivity index (χ1) is 10.1. The van der Waals surface area contributed by atoms with E-state index in [-0.39, 0.29) is 0 Å². The van der Waals surface area contributed by atoms with Crippen molar-refractivity contribution in [3.63, 3.8) is 0 Å². The van der Waals surface area contributed by atoms with Gasteiger partial charge in [-0.2, -0.15) is 0 Å². The molecule has 1 atom stereocenters. The molecule has 2 rings (SSSR count). The summed E-state index contributed by atoms with van der Waals surface area (Å²) in [5.41, 5.74) is 0.517. The zero-order chi connectivity index (χ0) is 15.1. The third kappa shape index (κ3) is 5.54. The van der Waals surface area contributed by atoms with Gasteiger partial charge in [0.2, 0.25) is 0 Å². The van der Waals surface area contributed by atoms with E-state index in [2.05, 4.69) is 31.0 Å². The lowest BCUT2D eigenvalue weighted by Gasteiger charge is -2.36. The molecule has 3 nitrogen and oxygen atoms in total. The average molecular weight is 296 g/mol. The van der Waals surface area contributed by atoms with Gasteiger partial charge in [-0.1, -0.05) is 33.6 Å². The minimum atomic E-state index is 0.493. The number of nitrogens with zero attached hydrogens (tertiary/aromatic N) is 1. The largest absolute Gasteiger partial charge is 0.377 e. The maximum absolute atomic E-state index is 5.84. The van der Waals surface area contributed by atoms with Crippen molar-refractivity contribution in [3.8, 4) is 0 Å². The summed E-state index contributed by atoms with van der Waals surface area (Å²) in [6, 6.07) is 0. The summed E-state index contributed by atoms with van der Waals surface area (Å²) in [5, 5.41) is 3.73. The fraction of sp³-hybridized carbons (Fsp3) is 1.00. The van der Waals surface area contributed by atoms with Crippen LogP contribution in [0.2, 0.25) is 0 Å². The molecule has 1 aliphatic carbocycles. The number of hydrogen-bond donors (Lipinski definition) is 1. The lowest BCUT2D eigenvalue weighted by atomic mass is 9.85. The lowest BCUT2D eigenvalue weighted by Crippen LogP contribution is -2.45. The molecule has 1 aliphatic heterocycles. The minimum absolute atomic E-state index is 0.493. The zero-order valence-corrected chi connectivity index (χ0v) is 14.5. The number of ether oxygens (including phenoxy) is 1. The first-order valence-corrected chi connectivity index (χ1v) is 9.18. The van der Waals surface area contributed by atoms with Gasteiger partial charge in [0, 0.05) is 26.2 Å². The van der Waals surface area contributed by atoms with Crippen LogP contribution in [0, 0.1) is 11.3 Å². The Hall–Kier alpha value is -0.120. The van der Waals surface area contributed by atoms with Crippen molar-refractivity contribution >= 4 is 0 Å². The molecule has 2 fully saturated rings. The van der Waals surface area contributed by atoms with Gasteiger partial charge in [-0.15, -0.1) is 0 Å². The van der Waals surface area contributed by atoms with E-state index in [1.54, 1.807) is 0 Å². The summed E-state index contributed by atoms with van der Waals surface area (Å²) in [6.07, 6.45) is 8.65. The fourth-order valence-electron chi connectivity index (χ4n) is 4.00. The predicted octanol–water partition coefficient (Wildman–Crippen LogP) is 3.29. The van der Waals surface area contributed by atoms with Gasteiger partial charge in [0.1, 0.15) is 0 Å². The van der Waals surface area contributed by atoms with Crippen LogP contribution in [-0.4, -0.2) is 50.3 Å². The van der Waals surface area contributed by atoms with Crippen LogP contribution in [0.25, 0.3) is 0 Å². The van der Waals surface area contributed by atoms with E-state index >= 15 is 0 Å². The molecule has 3 heteroatoms. The Morgan fingerprint density at radius 2 is 2.00 bits per heavy atom. The summed E-state index contributed by atoms with van der Waals surface area (Å²) in [6.45, 7) is 13.8. The van der Waals surface area contributed by atoms with Crippen LogP contribution in [-0.2, 0) is 4.74 Å². The standard InChI is InChI=1S/C18H36N2O/c1-4-20(13-17-8-7-11-21-17)15-18(9-5-6-10-18)14-19-12-16(2)3/h16-17,19H,4-15H2,1-3H3. The van der Waals surface area contributed by atoms with E-state index < -0.39 is 0 Å². The second-order valence-electron chi connectivity index (χ2n) is 7.69. The zero-order valence-electron chi connectivity index (χ0n) is 14.5. The Balaban J connectivity index is 1.83. The van der Waals surface area contributed by atoms with E-state index in [4.69, 9.17) is 4.74 Å². The van der Waals surface area contributed by atoms with Crippen molar-refractivity contribution in [2.75, 3.05) is 39.3 Å². The SMILES string of the molecule is CCN(CC1CCCO1)CC1(CNCC(C)C)CCCC1. The molecule has 1 heterocycles. The topological polar surface area (TPSA) is 24.5 Å². The summed E-state index contributed by atoms with van der Waals surface area (Å²) >= 11 is 0. The van der Waals surface area contributed by atoms with Gasteiger partial charge in [-0.3, -0.25) is 0 Å². The molecule has 0 aromatic heterocycles. The highest BCUT2D eigenvalue weighted by atomic mass is 16.5. The monoisotopic (exact) mass is 296 g/mol. The number of rotatable bonds is 9. The summed E-state index contributed by atoms with van der Waals surface area (Å²) < 4.78 is 5.84. The molecular formula is C18H36N2O. The maximum Gasteiger partial charge on any atom is 0.0702 e. The molecule has 1 unspecified atom stereocenters. The first-order valence-electron chi connectivity index (χ1n) is 9.18. The summed E-state index contributed by atoms with van der Waals surface area (Å²) in [7, 11) is 0. The van der Waals surface area contributed by atoms with Crippen LogP contribution in [0.5, 0.6) is 0 Å². The van der Waals surface area contributed by atoms with E-state index in [9.17, 15) is 0 Å². The highest BCUT2D eigenvalue weighted by Gasteiger charge is 2.35. The van der Waals surface area contributed by atoms with Crippen molar-refractivity contribution < 1.29 is 4.74 Å². The Morgan fingerprint density at radius 1 is 1.24 bits per heavy atom. The fourth-order valence-corrected chi connectivity index (χ4v) is 4.00. The van der Waals surface area contributed by atoms with Crippen LogP contribution in [0.15, 0.2) is 0 Å². The van der Waals surface area contributed by atoms with Crippen LogP contribution in [0.1, 0.15) is 59.3 Å². The smallest absolute Gasteiger partial charge is 0.0702 e. The molecule has 0 aromatic carbocycles. The summed E-state index contributed by atoms with van der Waals surface area (Å²) in [4.78, 5) is 2.65. The van der Waals surface area contributed by atoms with Crippen molar-refractivity contribution in [2.45, 2.75) is 65.4 Å². The number of likely N-dealkylation sites (N-methyl/N-ethyl adjacent to an activating group) is 1. The molecule has 0 aromatic rings. The van der Waals surface area contributed by atoms with E-state index in [0.29, 0.717) is 11.5 Å². The quantitative estimate of drug-likeness (QED) is 0.706. The second kappa shape index (κ2) is 8.50. The van der Waals surface area contributed by atoms with Crippen molar-refractivity contribution in [2.24, 2.45) is 11.3 Å². The molecule has 21 heavy (non-hydrogen) atoms. The predicted molar refractivity (Wildman–Crippen MR) is 89.7 cm³/mol. The normalized spacial score (nSPS) is 25.3. The molecule has 1 saturated heterocycles. The van der Waals surface area contributed by atoms with Gasteiger partial charge < -0.3 is 15.0 Å². The van der Waals surface area contributed by atoms with Crippen molar-refractivity contribution in [1.82, 2.24) is 10.2 Å². The van der Waals surface area contributed by atoms with Gasteiger partial charge in [0.25, 0.3) is 0 Å². The molecular weight excluding hydrogens is 260 g/mol. The van der Waals surface area contributed by atoms with Gasteiger partial charge in [-0.05, 0) is 50.1 Å². The maximum atomic E-state index is 5.84. The van der Waals surface area contributed by atoms with Gasteiger partial charge in [0.15, 0.2) is 0 Å². The third-order valence-electron chi connectivity index (χ3n) is 5.21. The molecule has 1 saturated carbocycles.